The third-order valence-electron chi connectivity index (χ3n) is 5.48. The summed E-state index contributed by atoms with van der Waals surface area (Å²) in [6.45, 7) is 8.96. The Labute approximate surface area is 113 Å². The fraction of sp³-hybridized carbons (Fsp3) is 1.00. The Kier molecular flexibility index (Phi) is 3.68. The van der Waals surface area contributed by atoms with Crippen molar-refractivity contribution in [2.75, 3.05) is 19.6 Å². The summed E-state index contributed by atoms with van der Waals surface area (Å²) in [6, 6.07) is 1.74. The third kappa shape index (κ3) is 2.91. The maximum Gasteiger partial charge on any atom is 0.0146 e. The molecule has 2 aliphatic carbocycles. The van der Waals surface area contributed by atoms with Crippen LogP contribution in [0, 0.1) is 11.3 Å². The first kappa shape index (κ1) is 12.9. The highest BCUT2D eigenvalue weighted by Gasteiger charge is 2.39. The van der Waals surface area contributed by atoms with Gasteiger partial charge in [-0.15, -0.1) is 0 Å². The van der Waals surface area contributed by atoms with Gasteiger partial charge in [-0.3, -0.25) is 4.90 Å². The summed E-state index contributed by atoms with van der Waals surface area (Å²) in [6.07, 6.45) is 10.0. The minimum absolute atomic E-state index is 0.553. The molecule has 1 heterocycles. The fourth-order valence-electron chi connectivity index (χ4n) is 4.09. The van der Waals surface area contributed by atoms with Gasteiger partial charge in [-0.25, -0.2) is 0 Å². The Morgan fingerprint density at radius 1 is 1.11 bits per heavy atom. The number of rotatable bonds is 4. The van der Waals surface area contributed by atoms with Crippen molar-refractivity contribution in [3.63, 3.8) is 0 Å². The monoisotopic (exact) mass is 250 g/mol. The molecule has 2 heteroatoms. The molecule has 0 aromatic carbocycles. The lowest BCUT2D eigenvalue weighted by Gasteiger charge is -2.44. The van der Waals surface area contributed by atoms with E-state index in [1.807, 2.05) is 0 Å². The van der Waals surface area contributed by atoms with Crippen LogP contribution in [0.15, 0.2) is 0 Å². The van der Waals surface area contributed by atoms with Crippen molar-refractivity contribution in [2.24, 2.45) is 11.3 Å². The quantitative estimate of drug-likeness (QED) is 0.825. The van der Waals surface area contributed by atoms with Gasteiger partial charge < -0.3 is 5.32 Å². The molecule has 1 N–H and O–H groups in total. The Hall–Kier alpha value is -0.0800. The lowest BCUT2D eigenvalue weighted by atomic mass is 9.72. The van der Waals surface area contributed by atoms with Crippen LogP contribution in [0.4, 0.5) is 0 Å². The Balaban J connectivity index is 1.50. The molecular formula is C16H30N2. The molecule has 0 bridgehead atoms. The van der Waals surface area contributed by atoms with Crippen molar-refractivity contribution in [1.82, 2.24) is 10.2 Å². The molecule has 2 unspecified atom stereocenters. The van der Waals surface area contributed by atoms with Crippen molar-refractivity contribution in [3.8, 4) is 0 Å². The predicted octanol–water partition coefficient (Wildman–Crippen LogP) is 3.03. The second-order valence-corrected chi connectivity index (χ2v) is 7.58. The molecule has 0 aromatic rings. The lowest BCUT2D eigenvalue weighted by molar-refractivity contribution is 0.0637. The summed E-state index contributed by atoms with van der Waals surface area (Å²) in [5, 5.41) is 3.72. The van der Waals surface area contributed by atoms with Crippen molar-refractivity contribution in [2.45, 2.75) is 70.9 Å². The number of hydrogen-bond donors (Lipinski definition) is 1. The van der Waals surface area contributed by atoms with Crippen molar-refractivity contribution in [3.05, 3.63) is 0 Å². The smallest absolute Gasteiger partial charge is 0.0146 e. The molecule has 2 nitrogen and oxygen atoms in total. The molecule has 1 aliphatic heterocycles. The number of nitrogens with one attached hydrogen (secondary N) is 1. The van der Waals surface area contributed by atoms with Gasteiger partial charge in [0.15, 0.2) is 0 Å². The maximum atomic E-state index is 3.72. The van der Waals surface area contributed by atoms with E-state index in [4.69, 9.17) is 0 Å². The van der Waals surface area contributed by atoms with Crippen LogP contribution in [0.2, 0.25) is 0 Å². The zero-order valence-electron chi connectivity index (χ0n) is 12.3. The Morgan fingerprint density at radius 2 is 1.94 bits per heavy atom. The van der Waals surface area contributed by atoms with Gasteiger partial charge in [0, 0.05) is 18.6 Å². The fourth-order valence-corrected chi connectivity index (χ4v) is 4.09. The third-order valence-corrected chi connectivity index (χ3v) is 5.48. The van der Waals surface area contributed by atoms with E-state index in [9.17, 15) is 0 Å². The van der Waals surface area contributed by atoms with Crippen LogP contribution in [0.3, 0.4) is 0 Å². The van der Waals surface area contributed by atoms with Crippen LogP contribution in [-0.2, 0) is 0 Å². The molecule has 2 atom stereocenters. The average molecular weight is 250 g/mol. The Morgan fingerprint density at radius 3 is 2.67 bits per heavy atom. The first-order valence-corrected chi connectivity index (χ1v) is 8.12. The van der Waals surface area contributed by atoms with Gasteiger partial charge in [-0.05, 0) is 56.5 Å². The molecule has 0 radical (unpaired) electrons. The first-order chi connectivity index (χ1) is 8.65. The normalized spacial score (nSPS) is 37.0. The highest BCUT2D eigenvalue weighted by atomic mass is 15.2. The summed E-state index contributed by atoms with van der Waals surface area (Å²) in [5.74, 6) is 0.920. The zero-order chi connectivity index (χ0) is 12.6. The molecule has 2 saturated carbocycles. The topological polar surface area (TPSA) is 15.3 Å². The van der Waals surface area contributed by atoms with Crippen molar-refractivity contribution in [1.29, 1.82) is 0 Å². The number of likely N-dealkylation sites (tertiary alicyclic amines) is 1. The average Bonchev–Trinajstić information content (AvgIpc) is 3.05. The molecule has 0 spiro atoms. The van der Waals surface area contributed by atoms with Crippen LogP contribution < -0.4 is 5.32 Å². The van der Waals surface area contributed by atoms with E-state index in [2.05, 4.69) is 24.1 Å². The second kappa shape index (κ2) is 5.13. The van der Waals surface area contributed by atoms with Crippen LogP contribution in [0.25, 0.3) is 0 Å². The van der Waals surface area contributed by atoms with Crippen LogP contribution in [0.5, 0.6) is 0 Å². The highest BCUT2D eigenvalue weighted by molar-refractivity contribution is 4.93. The molecule has 0 aromatic heterocycles. The molecule has 104 valence electrons. The van der Waals surface area contributed by atoms with E-state index in [1.54, 1.807) is 0 Å². The number of hydrogen-bond acceptors (Lipinski definition) is 2. The van der Waals surface area contributed by atoms with Gasteiger partial charge in [-0.2, -0.15) is 0 Å². The molecule has 3 aliphatic rings. The summed E-state index contributed by atoms with van der Waals surface area (Å²) in [4.78, 5) is 2.82. The Bertz CT molecular complexity index is 283. The van der Waals surface area contributed by atoms with E-state index in [-0.39, 0.29) is 0 Å². The van der Waals surface area contributed by atoms with Crippen molar-refractivity contribution < 1.29 is 0 Å². The van der Waals surface area contributed by atoms with E-state index in [0.717, 1.165) is 18.0 Å². The maximum absolute atomic E-state index is 3.72. The molecule has 3 rings (SSSR count). The van der Waals surface area contributed by atoms with Gasteiger partial charge in [-0.1, -0.05) is 26.7 Å². The van der Waals surface area contributed by atoms with E-state index >= 15 is 0 Å². The van der Waals surface area contributed by atoms with Gasteiger partial charge >= 0.3 is 0 Å². The molecule has 1 saturated heterocycles. The van der Waals surface area contributed by atoms with E-state index in [1.165, 1.54) is 64.6 Å². The van der Waals surface area contributed by atoms with Crippen LogP contribution in [-0.4, -0.2) is 36.6 Å². The summed E-state index contributed by atoms with van der Waals surface area (Å²) >= 11 is 0. The zero-order valence-corrected chi connectivity index (χ0v) is 12.3. The minimum Gasteiger partial charge on any atom is -0.314 e. The van der Waals surface area contributed by atoms with Crippen LogP contribution >= 0.6 is 0 Å². The van der Waals surface area contributed by atoms with Gasteiger partial charge in [0.25, 0.3) is 0 Å². The summed E-state index contributed by atoms with van der Waals surface area (Å²) in [7, 11) is 0. The summed E-state index contributed by atoms with van der Waals surface area (Å²) in [5.41, 5.74) is 0.553. The first-order valence-electron chi connectivity index (χ1n) is 8.12. The lowest BCUT2D eigenvalue weighted by Crippen LogP contribution is -2.46. The minimum atomic E-state index is 0.553. The molecule has 3 fully saturated rings. The molecule has 0 amide bonds. The van der Waals surface area contributed by atoms with Gasteiger partial charge in [0.2, 0.25) is 0 Å². The highest BCUT2D eigenvalue weighted by Crippen LogP contribution is 2.40. The molecular weight excluding hydrogens is 220 g/mol. The van der Waals surface area contributed by atoms with E-state index in [0.29, 0.717) is 5.41 Å². The standard InChI is InChI=1S/C16H30N2/c1-16(2)9-4-3-5-15(16)18-10-8-13(12-18)11-17-14-6-7-14/h13-15,17H,3-12H2,1-2H3. The second-order valence-electron chi connectivity index (χ2n) is 7.58. The van der Waals surface area contributed by atoms with Gasteiger partial charge in [0.05, 0.1) is 0 Å². The predicted molar refractivity (Wildman–Crippen MR) is 76.7 cm³/mol. The molecule has 18 heavy (non-hydrogen) atoms. The summed E-state index contributed by atoms with van der Waals surface area (Å²) < 4.78 is 0. The van der Waals surface area contributed by atoms with Crippen molar-refractivity contribution >= 4 is 0 Å². The number of nitrogens with zero attached hydrogens (tertiary/aromatic N) is 1. The van der Waals surface area contributed by atoms with E-state index < -0.39 is 0 Å². The van der Waals surface area contributed by atoms with Crippen LogP contribution in [0.1, 0.15) is 58.8 Å². The largest absolute Gasteiger partial charge is 0.314 e. The SMILES string of the molecule is CC1(C)CCCCC1N1CCC(CNC2CC2)C1. The van der Waals surface area contributed by atoms with Gasteiger partial charge in [0.1, 0.15) is 0 Å².